The second-order valence-corrected chi connectivity index (χ2v) is 8.61. The number of hydrogen-bond acceptors (Lipinski definition) is 2. The van der Waals surface area contributed by atoms with Crippen LogP contribution in [0.5, 0.6) is 5.75 Å². The van der Waals surface area contributed by atoms with Gasteiger partial charge in [-0.25, -0.2) is 0 Å². The number of hydrogen-bond donors (Lipinski definition) is 0. The quantitative estimate of drug-likeness (QED) is 0.260. The summed E-state index contributed by atoms with van der Waals surface area (Å²) in [6, 6.07) is 44.7. The molecule has 0 saturated carbocycles. The summed E-state index contributed by atoms with van der Waals surface area (Å²) in [4.78, 5) is 2.26. The molecule has 2 heteroatoms. The Kier molecular flexibility index (Phi) is 5.40. The van der Waals surface area contributed by atoms with Crippen molar-refractivity contribution in [1.29, 1.82) is 0 Å². The van der Waals surface area contributed by atoms with E-state index in [4.69, 9.17) is 4.74 Å². The number of para-hydroxylation sites is 1. The van der Waals surface area contributed by atoms with E-state index in [1.165, 1.54) is 33.4 Å². The second kappa shape index (κ2) is 9.00. The largest absolute Gasteiger partial charge is 0.497 e. The Balaban J connectivity index is 1.40. The van der Waals surface area contributed by atoms with Crippen LogP contribution in [0.15, 0.2) is 127 Å². The first-order chi connectivity index (χ1) is 17.3. The van der Waals surface area contributed by atoms with E-state index in [0.29, 0.717) is 0 Å². The molecule has 0 fully saturated rings. The molecule has 0 bridgehead atoms. The number of anilines is 3. The molecule has 0 heterocycles. The Labute approximate surface area is 206 Å². The van der Waals surface area contributed by atoms with Gasteiger partial charge in [-0.1, -0.05) is 78.9 Å². The smallest absolute Gasteiger partial charge is 0.119 e. The predicted molar refractivity (Wildman–Crippen MR) is 147 cm³/mol. The summed E-state index contributed by atoms with van der Waals surface area (Å²) in [6.07, 6.45) is 2.30. The molecule has 0 radical (unpaired) electrons. The number of fused-ring (bicyclic) bond motifs is 3. The Morgan fingerprint density at radius 2 is 0.943 bits per heavy atom. The van der Waals surface area contributed by atoms with Crippen LogP contribution in [0, 0.1) is 0 Å². The first-order valence-corrected chi connectivity index (χ1v) is 11.8. The van der Waals surface area contributed by atoms with Gasteiger partial charge in [-0.05, 0) is 88.0 Å². The summed E-state index contributed by atoms with van der Waals surface area (Å²) in [5.41, 5.74) is 11.0. The zero-order valence-electron chi connectivity index (χ0n) is 19.6. The van der Waals surface area contributed by atoms with Crippen LogP contribution in [-0.4, -0.2) is 7.11 Å². The molecule has 35 heavy (non-hydrogen) atoms. The fourth-order valence-electron chi connectivity index (χ4n) is 4.85. The molecule has 168 valence electrons. The molecule has 0 aliphatic heterocycles. The van der Waals surface area contributed by atoms with Crippen molar-refractivity contribution in [3.63, 3.8) is 0 Å². The lowest BCUT2D eigenvalue weighted by molar-refractivity contribution is 0.415. The van der Waals surface area contributed by atoms with Crippen molar-refractivity contribution in [2.45, 2.75) is 0 Å². The lowest BCUT2D eigenvalue weighted by atomic mass is 10.0. The van der Waals surface area contributed by atoms with E-state index in [-0.39, 0.29) is 0 Å². The van der Waals surface area contributed by atoms with Gasteiger partial charge in [0.05, 0.1) is 7.11 Å². The lowest BCUT2D eigenvalue weighted by Crippen LogP contribution is -2.09. The monoisotopic (exact) mass is 451 g/mol. The molecule has 0 spiro atoms. The minimum Gasteiger partial charge on any atom is -0.497 e. The van der Waals surface area contributed by atoms with E-state index in [2.05, 4.69) is 120 Å². The molecule has 2 nitrogen and oxygen atoms in total. The first-order valence-electron chi connectivity index (χ1n) is 11.8. The molecule has 0 aromatic heterocycles. The topological polar surface area (TPSA) is 12.5 Å². The van der Waals surface area contributed by atoms with Crippen LogP contribution in [0.2, 0.25) is 0 Å². The highest BCUT2D eigenvalue weighted by Crippen LogP contribution is 2.45. The van der Waals surface area contributed by atoms with E-state index in [1.54, 1.807) is 7.11 Å². The van der Waals surface area contributed by atoms with E-state index < -0.39 is 0 Å². The van der Waals surface area contributed by atoms with Gasteiger partial charge in [-0.3, -0.25) is 0 Å². The van der Waals surface area contributed by atoms with E-state index in [0.717, 1.165) is 22.8 Å². The van der Waals surface area contributed by atoms with Gasteiger partial charge in [-0.2, -0.15) is 0 Å². The zero-order valence-corrected chi connectivity index (χ0v) is 19.6. The maximum Gasteiger partial charge on any atom is 0.119 e. The van der Waals surface area contributed by atoms with Crippen LogP contribution >= 0.6 is 0 Å². The molecular weight excluding hydrogens is 426 g/mol. The van der Waals surface area contributed by atoms with Crippen LogP contribution in [0.25, 0.3) is 22.8 Å². The Morgan fingerprint density at radius 3 is 1.49 bits per heavy atom. The molecule has 1 aliphatic carbocycles. The second-order valence-electron chi connectivity index (χ2n) is 8.61. The highest BCUT2D eigenvalue weighted by molar-refractivity contribution is 6.06. The van der Waals surface area contributed by atoms with Crippen molar-refractivity contribution in [2.75, 3.05) is 12.0 Å². The molecule has 1 aliphatic rings. The van der Waals surface area contributed by atoms with Gasteiger partial charge in [0.15, 0.2) is 0 Å². The third kappa shape index (κ3) is 3.89. The summed E-state index contributed by atoms with van der Waals surface area (Å²) < 4.78 is 5.36. The first kappa shape index (κ1) is 21.0. The number of nitrogens with zero attached hydrogens (tertiary/aromatic N) is 1. The van der Waals surface area contributed by atoms with Crippen LogP contribution in [0.3, 0.4) is 0 Å². The van der Waals surface area contributed by atoms with Gasteiger partial charge >= 0.3 is 0 Å². The van der Waals surface area contributed by atoms with Crippen LogP contribution in [0.1, 0.15) is 16.7 Å². The van der Waals surface area contributed by atoms with Crippen molar-refractivity contribution >= 4 is 28.7 Å². The third-order valence-corrected chi connectivity index (χ3v) is 6.53. The average Bonchev–Trinajstić information content (AvgIpc) is 3.24. The van der Waals surface area contributed by atoms with Crippen LogP contribution in [-0.2, 0) is 0 Å². The number of methoxy groups -OCH3 is 1. The highest BCUT2D eigenvalue weighted by Gasteiger charge is 2.22. The molecule has 5 aromatic rings. The van der Waals surface area contributed by atoms with Crippen molar-refractivity contribution in [3.05, 3.63) is 144 Å². The average molecular weight is 452 g/mol. The number of benzene rings is 5. The number of ether oxygens (including phenoxy) is 1. The molecule has 0 saturated heterocycles. The van der Waals surface area contributed by atoms with E-state index >= 15 is 0 Å². The highest BCUT2D eigenvalue weighted by atomic mass is 16.5. The Morgan fingerprint density at radius 1 is 0.486 bits per heavy atom. The van der Waals surface area contributed by atoms with Gasteiger partial charge in [-0.15, -0.1) is 0 Å². The fourth-order valence-corrected chi connectivity index (χ4v) is 4.85. The molecular formula is C33H25NO. The summed E-state index contributed by atoms with van der Waals surface area (Å²) in [5, 5.41) is 0. The molecule has 0 atom stereocenters. The predicted octanol–water partition coefficient (Wildman–Crippen LogP) is 8.73. The van der Waals surface area contributed by atoms with Crippen molar-refractivity contribution in [3.8, 4) is 16.9 Å². The Hall–Kier alpha value is -4.56. The number of rotatable bonds is 5. The summed E-state index contributed by atoms with van der Waals surface area (Å²) in [7, 11) is 1.69. The summed E-state index contributed by atoms with van der Waals surface area (Å²) in [6.45, 7) is 0. The SMILES string of the molecule is COc1ccc(N(c2ccccc2)c2ccc(C=C3c4ccccc4-c4ccccc43)cc2)cc1. The summed E-state index contributed by atoms with van der Waals surface area (Å²) >= 11 is 0. The van der Waals surface area contributed by atoms with Gasteiger partial charge in [0.25, 0.3) is 0 Å². The molecule has 0 amide bonds. The normalized spacial score (nSPS) is 11.5. The maximum atomic E-state index is 5.36. The van der Waals surface area contributed by atoms with Gasteiger partial charge in [0.1, 0.15) is 5.75 Å². The van der Waals surface area contributed by atoms with Crippen LogP contribution < -0.4 is 9.64 Å². The van der Waals surface area contributed by atoms with Gasteiger partial charge < -0.3 is 9.64 Å². The van der Waals surface area contributed by atoms with Gasteiger partial charge in [0, 0.05) is 17.1 Å². The standard InChI is InChI=1S/C33H25NO/c1-35-28-21-19-27(20-22-28)34(25-9-3-2-4-10-25)26-17-15-24(16-18-26)23-33-31-13-7-5-11-29(31)30-12-6-8-14-32(30)33/h2-23H,1H3. The molecule has 0 N–H and O–H groups in total. The van der Waals surface area contributed by atoms with Crippen LogP contribution in [0.4, 0.5) is 17.1 Å². The van der Waals surface area contributed by atoms with Crippen molar-refractivity contribution < 1.29 is 4.74 Å². The zero-order chi connectivity index (χ0) is 23.6. The minimum absolute atomic E-state index is 0.848. The third-order valence-electron chi connectivity index (χ3n) is 6.53. The lowest BCUT2D eigenvalue weighted by Gasteiger charge is -2.25. The molecule has 0 unspecified atom stereocenters. The fraction of sp³-hybridized carbons (Fsp3) is 0.0303. The summed E-state index contributed by atoms with van der Waals surface area (Å²) in [5.74, 6) is 0.848. The van der Waals surface area contributed by atoms with Crippen molar-refractivity contribution in [1.82, 2.24) is 0 Å². The Bertz CT molecular complexity index is 1450. The molecule has 6 rings (SSSR count). The van der Waals surface area contributed by atoms with E-state index in [9.17, 15) is 0 Å². The van der Waals surface area contributed by atoms with E-state index in [1.807, 2.05) is 18.2 Å². The molecule has 5 aromatic carbocycles. The van der Waals surface area contributed by atoms with Crippen molar-refractivity contribution in [2.24, 2.45) is 0 Å². The van der Waals surface area contributed by atoms with Gasteiger partial charge in [0.2, 0.25) is 0 Å². The minimum atomic E-state index is 0.848. The maximum absolute atomic E-state index is 5.36.